The Bertz CT molecular complexity index is 935. The molecule has 0 fully saturated rings. The van der Waals surface area contributed by atoms with Crippen LogP contribution in [0.15, 0.2) is 59.9 Å². The molecule has 0 aliphatic heterocycles. The lowest BCUT2D eigenvalue weighted by molar-refractivity contribution is 0.0727. The third kappa shape index (κ3) is 4.80. The van der Waals surface area contributed by atoms with Gasteiger partial charge in [-0.15, -0.1) is 0 Å². The highest BCUT2D eigenvalue weighted by atomic mass is 35.5. The van der Waals surface area contributed by atoms with Gasteiger partial charge in [-0.05, 0) is 36.8 Å². The van der Waals surface area contributed by atoms with Gasteiger partial charge in [-0.25, -0.2) is 19.2 Å². The minimum atomic E-state index is -0.721. The SMILES string of the molecule is Cc1cccc(CSc2ncc(Cl)c(C(=O)Oc3ccc(F)cc3)n2)c1. The van der Waals surface area contributed by atoms with Crippen molar-refractivity contribution in [2.24, 2.45) is 0 Å². The number of nitrogens with zero attached hydrogens (tertiary/aromatic N) is 2. The molecule has 0 aliphatic rings. The van der Waals surface area contributed by atoms with E-state index in [1.54, 1.807) is 0 Å². The Morgan fingerprint density at radius 3 is 2.73 bits per heavy atom. The first-order valence-electron chi connectivity index (χ1n) is 7.70. The molecule has 4 nitrogen and oxygen atoms in total. The first kappa shape index (κ1) is 18.4. The third-order valence-electron chi connectivity index (χ3n) is 3.39. The van der Waals surface area contributed by atoms with E-state index in [1.165, 1.54) is 47.8 Å². The minimum absolute atomic E-state index is 0.0299. The molecule has 0 spiro atoms. The van der Waals surface area contributed by atoms with Crippen LogP contribution in [0.1, 0.15) is 21.6 Å². The lowest BCUT2D eigenvalue weighted by Gasteiger charge is -2.07. The number of carbonyl (C=O) groups excluding carboxylic acids is 1. The van der Waals surface area contributed by atoms with Crippen LogP contribution in [0.2, 0.25) is 5.02 Å². The molecular weight excluding hydrogens is 375 g/mol. The van der Waals surface area contributed by atoms with Gasteiger partial charge in [-0.2, -0.15) is 0 Å². The van der Waals surface area contributed by atoms with Crippen LogP contribution in [0.25, 0.3) is 0 Å². The van der Waals surface area contributed by atoms with Crippen LogP contribution in [0.4, 0.5) is 4.39 Å². The number of aryl methyl sites for hydroxylation is 1. The Morgan fingerprint density at radius 1 is 1.23 bits per heavy atom. The standard InChI is InChI=1S/C19H14ClFN2O2S/c1-12-3-2-4-13(9-12)11-26-19-22-10-16(20)17(23-19)18(24)25-15-7-5-14(21)6-8-15/h2-10H,11H2,1H3. The second-order valence-electron chi connectivity index (χ2n) is 5.47. The number of thioether (sulfide) groups is 1. The van der Waals surface area contributed by atoms with Gasteiger partial charge in [-0.1, -0.05) is 53.2 Å². The number of rotatable bonds is 5. The fourth-order valence-electron chi connectivity index (χ4n) is 2.17. The Kier molecular flexibility index (Phi) is 5.85. The highest BCUT2D eigenvalue weighted by Crippen LogP contribution is 2.23. The largest absolute Gasteiger partial charge is 0.422 e. The highest BCUT2D eigenvalue weighted by molar-refractivity contribution is 7.98. The van der Waals surface area contributed by atoms with E-state index in [-0.39, 0.29) is 16.5 Å². The molecule has 0 amide bonds. The van der Waals surface area contributed by atoms with Crippen LogP contribution in [0.5, 0.6) is 5.75 Å². The van der Waals surface area contributed by atoms with Crippen molar-refractivity contribution in [1.82, 2.24) is 9.97 Å². The molecular formula is C19H14ClFN2O2S. The van der Waals surface area contributed by atoms with Gasteiger partial charge < -0.3 is 4.74 Å². The maximum atomic E-state index is 12.9. The van der Waals surface area contributed by atoms with Crippen molar-refractivity contribution in [3.8, 4) is 5.75 Å². The summed E-state index contributed by atoms with van der Waals surface area (Å²) in [6.45, 7) is 2.02. The average molecular weight is 389 g/mol. The number of carbonyl (C=O) groups is 1. The van der Waals surface area contributed by atoms with Crippen LogP contribution in [0, 0.1) is 12.7 Å². The molecule has 3 rings (SSSR count). The van der Waals surface area contributed by atoms with Crippen molar-refractivity contribution in [2.45, 2.75) is 17.8 Å². The Hall–Kier alpha value is -2.44. The average Bonchev–Trinajstić information content (AvgIpc) is 2.63. The number of esters is 1. The summed E-state index contributed by atoms with van der Waals surface area (Å²) in [5, 5.41) is 0.513. The molecule has 0 atom stereocenters. The monoisotopic (exact) mass is 388 g/mol. The molecule has 0 unspecified atom stereocenters. The number of hydrogen-bond donors (Lipinski definition) is 0. The van der Waals surface area contributed by atoms with E-state index in [0.29, 0.717) is 10.9 Å². The zero-order valence-electron chi connectivity index (χ0n) is 13.8. The van der Waals surface area contributed by atoms with Crippen molar-refractivity contribution in [3.05, 3.63) is 82.4 Å². The van der Waals surface area contributed by atoms with Gasteiger partial charge >= 0.3 is 5.97 Å². The predicted octanol–water partition coefficient (Wildman–Crippen LogP) is 5.09. The summed E-state index contributed by atoms with van der Waals surface area (Å²) in [5.41, 5.74) is 2.27. The topological polar surface area (TPSA) is 52.1 Å². The highest BCUT2D eigenvalue weighted by Gasteiger charge is 2.17. The first-order valence-corrected chi connectivity index (χ1v) is 9.06. The summed E-state index contributed by atoms with van der Waals surface area (Å²) in [6, 6.07) is 13.2. The predicted molar refractivity (Wildman–Crippen MR) is 99.1 cm³/mol. The number of benzene rings is 2. The second kappa shape index (κ2) is 8.29. The lowest BCUT2D eigenvalue weighted by Crippen LogP contribution is -2.12. The van der Waals surface area contributed by atoms with Crippen molar-refractivity contribution >= 4 is 29.3 Å². The normalized spacial score (nSPS) is 10.6. The molecule has 132 valence electrons. The second-order valence-corrected chi connectivity index (χ2v) is 6.82. The quantitative estimate of drug-likeness (QED) is 0.264. The number of ether oxygens (including phenoxy) is 1. The van der Waals surface area contributed by atoms with E-state index in [0.717, 1.165) is 5.56 Å². The summed E-state index contributed by atoms with van der Waals surface area (Å²) in [4.78, 5) is 20.6. The number of aromatic nitrogens is 2. The van der Waals surface area contributed by atoms with E-state index in [1.807, 2.05) is 25.1 Å². The molecule has 3 aromatic rings. The summed E-state index contributed by atoms with van der Waals surface area (Å²) in [6.07, 6.45) is 1.37. The van der Waals surface area contributed by atoms with Gasteiger partial charge in [0, 0.05) is 5.75 Å². The van der Waals surface area contributed by atoms with Crippen molar-refractivity contribution in [1.29, 1.82) is 0 Å². The van der Waals surface area contributed by atoms with Gasteiger partial charge in [0.2, 0.25) is 0 Å². The van der Waals surface area contributed by atoms with Crippen LogP contribution in [-0.4, -0.2) is 15.9 Å². The van der Waals surface area contributed by atoms with E-state index in [4.69, 9.17) is 16.3 Å². The van der Waals surface area contributed by atoms with Gasteiger partial charge in [0.15, 0.2) is 10.9 Å². The molecule has 7 heteroatoms. The van der Waals surface area contributed by atoms with E-state index >= 15 is 0 Å². The van der Waals surface area contributed by atoms with E-state index in [2.05, 4.69) is 16.0 Å². The maximum Gasteiger partial charge on any atom is 0.364 e. The molecule has 0 N–H and O–H groups in total. The van der Waals surface area contributed by atoms with E-state index in [9.17, 15) is 9.18 Å². The summed E-state index contributed by atoms with van der Waals surface area (Å²) in [5.74, 6) is -0.267. The lowest BCUT2D eigenvalue weighted by atomic mass is 10.2. The van der Waals surface area contributed by atoms with Crippen LogP contribution in [-0.2, 0) is 5.75 Å². The minimum Gasteiger partial charge on any atom is -0.422 e. The van der Waals surface area contributed by atoms with Crippen LogP contribution in [0.3, 0.4) is 0 Å². The summed E-state index contributed by atoms with van der Waals surface area (Å²) >= 11 is 7.42. The number of hydrogen-bond acceptors (Lipinski definition) is 5. The summed E-state index contributed by atoms with van der Waals surface area (Å²) in [7, 11) is 0. The molecule has 0 radical (unpaired) electrons. The molecule has 0 bridgehead atoms. The zero-order valence-corrected chi connectivity index (χ0v) is 15.4. The zero-order chi connectivity index (χ0) is 18.5. The molecule has 0 saturated carbocycles. The summed E-state index contributed by atoms with van der Waals surface area (Å²) < 4.78 is 18.1. The van der Waals surface area contributed by atoms with Gasteiger partial charge in [0.1, 0.15) is 11.6 Å². The molecule has 1 aromatic heterocycles. The number of halogens is 2. The van der Waals surface area contributed by atoms with Gasteiger partial charge in [0.25, 0.3) is 0 Å². The Labute approximate surface area is 159 Å². The fraction of sp³-hybridized carbons (Fsp3) is 0.105. The van der Waals surface area contributed by atoms with E-state index < -0.39 is 11.8 Å². The van der Waals surface area contributed by atoms with Crippen molar-refractivity contribution in [2.75, 3.05) is 0 Å². The fourth-order valence-corrected chi connectivity index (χ4v) is 3.10. The Balaban J connectivity index is 1.72. The molecule has 1 heterocycles. The first-order chi connectivity index (χ1) is 12.5. The maximum absolute atomic E-state index is 12.9. The molecule has 26 heavy (non-hydrogen) atoms. The molecule has 0 aliphatic carbocycles. The van der Waals surface area contributed by atoms with Crippen LogP contribution < -0.4 is 4.74 Å². The van der Waals surface area contributed by atoms with Crippen molar-refractivity contribution < 1.29 is 13.9 Å². The van der Waals surface area contributed by atoms with Crippen LogP contribution >= 0.6 is 23.4 Å². The molecule has 2 aromatic carbocycles. The molecule has 0 saturated heterocycles. The van der Waals surface area contributed by atoms with Gasteiger partial charge in [0.05, 0.1) is 11.2 Å². The Morgan fingerprint density at radius 2 is 2.00 bits per heavy atom. The smallest absolute Gasteiger partial charge is 0.364 e. The van der Waals surface area contributed by atoms with Gasteiger partial charge in [-0.3, -0.25) is 0 Å². The van der Waals surface area contributed by atoms with Crippen molar-refractivity contribution in [3.63, 3.8) is 0 Å². The third-order valence-corrected chi connectivity index (χ3v) is 4.60.